The molecule has 0 radical (unpaired) electrons. The standard InChI is InChI=1S/C4H7NS2/c6-3-1-4(7)5-2-3/h3,6H,1-2H2,(H,5,7)/t3-/m0/s1. The number of thiocarbonyl (C=S) groups is 1. The van der Waals surface area contributed by atoms with E-state index in [2.05, 4.69) is 17.9 Å². The number of nitrogens with one attached hydrogen (secondary N) is 1. The van der Waals surface area contributed by atoms with Crippen molar-refractivity contribution < 1.29 is 0 Å². The Morgan fingerprint density at radius 3 is 2.71 bits per heavy atom. The third kappa shape index (κ3) is 1.31. The second kappa shape index (κ2) is 2.01. The second-order valence-corrected chi connectivity index (χ2v) is 2.89. The smallest absolute Gasteiger partial charge is 0.0765 e. The Kier molecular flexibility index (Phi) is 1.54. The summed E-state index contributed by atoms with van der Waals surface area (Å²) in [6.07, 6.45) is 0.957. The van der Waals surface area contributed by atoms with Crippen molar-refractivity contribution >= 4 is 29.8 Å². The van der Waals surface area contributed by atoms with Gasteiger partial charge in [-0.1, -0.05) is 12.2 Å². The van der Waals surface area contributed by atoms with Crippen LogP contribution in [0.25, 0.3) is 0 Å². The summed E-state index contributed by atoms with van der Waals surface area (Å²) < 4.78 is 0. The predicted octanol–water partition coefficient (Wildman–Crippen LogP) is 0.606. The molecule has 1 heterocycles. The molecule has 40 valence electrons. The number of thiol groups is 1. The first kappa shape index (κ1) is 5.38. The molecule has 1 atom stereocenters. The van der Waals surface area contributed by atoms with Crippen molar-refractivity contribution in [1.29, 1.82) is 0 Å². The van der Waals surface area contributed by atoms with Gasteiger partial charge in [0.15, 0.2) is 0 Å². The Morgan fingerprint density at radius 2 is 2.57 bits per heavy atom. The monoisotopic (exact) mass is 133 g/mol. The minimum atomic E-state index is 0.465. The lowest BCUT2D eigenvalue weighted by atomic mass is 10.4. The van der Waals surface area contributed by atoms with Crippen LogP contribution in [-0.2, 0) is 0 Å². The zero-order valence-electron chi connectivity index (χ0n) is 3.85. The van der Waals surface area contributed by atoms with E-state index in [-0.39, 0.29) is 0 Å². The highest BCUT2D eigenvalue weighted by Crippen LogP contribution is 2.06. The maximum absolute atomic E-state index is 4.84. The lowest BCUT2D eigenvalue weighted by Gasteiger charge is -1.89. The summed E-state index contributed by atoms with van der Waals surface area (Å²) in [6.45, 7) is 0.946. The lowest BCUT2D eigenvalue weighted by molar-refractivity contribution is 0.937. The van der Waals surface area contributed by atoms with Crippen molar-refractivity contribution in [2.75, 3.05) is 6.54 Å². The van der Waals surface area contributed by atoms with E-state index < -0.39 is 0 Å². The van der Waals surface area contributed by atoms with Gasteiger partial charge in [0.05, 0.1) is 4.99 Å². The average Bonchev–Trinajstić information content (AvgIpc) is 1.87. The Hall–Kier alpha value is 0.240. The summed E-state index contributed by atoms with van der Waals surface area (Å²) in [5, 5.41) is 3.49. The van der Waals surface area contributed by atoms with Crippen LogP contribution in [0, 0.1) is 0 Å². The van der Waals surface area contributed by atoms with Gasteiger partial charge in [0.25, 0.3) is 0 Å². The quantitative estimate of drug-likeness (QED) is 0.371. The van der Waals surface area contributed by atoms with Gasteiger partial charge in [-0.25, -0.2) is 0 Å². The van der Waals surface area contributed by atoms with E-state index in [9.17, 15) is 0 Å². The van der Waals surface area contributed by atoms with Crippen molar-refractivity contribution in [3.05, 3.63) is 0 Å². The van der Waals surface area contributed by atoms with Gasteiger partial charge < -0.3 is 5.32 Å². The van der Waals surface area contributed by atoms with Crippen LogP contribution >= 0.6 is 24.8 Å². The van der Waals surface area contributed by atoms with E-state index in [0.29, 0.717) is 5.25 Å². The van der Waals surface area contributed by atoms with Crippen LogP contribution in [0.3, 0.4) is 0 Å². The van der Waals surface area contributed by atoms with E-state index >= 15 is 0 Å². The number of hydrogen-bond donors (Lipinski definition) is 2. The van der Waals surface area contributed by atoms with Crippen LogP contribution in [0.1, 0.15) is 6.42 Å². The third-order valence-corrected chi connectivity index (χ3v) is 1.63. The van der Waals surface area contributed by atoms with E-state index in [1.54, 1.807) is 0 Å². The molecule has 0 bridgehead atoms. The topological polar surface area (TPSA) is 12.0 Å². The van der Waals surface area contributed by atoms with Gasteiger partial charge in [-0.05, 0) is 0 Å². The summed E-state index contributed by atoms with van der Waals surface area (Å²) in [5.41, 5.74) is 0. The summed E-state index contributed by atoms with van der Waals surface area (Å²) in [7, 11) is 0. The molecular formula is C4H7NS2. The third-order valence-electron chi connectivity index (χ3n) is 0.956. The van der Waals surface area contributed by atoms with Gasteiger partial charge in [0, 0.05) is 18.2 Å². The van der Waals surface area contributed by atoms with Crippen LogP contribution in [0.15, 0.2) is 0 Å². The van der Waals surface area contributed by atoms with Crippen molar-refractivity contribution in [3.8, 4) is 0 Å². The first-order chi connectivity index (χ1) is 3.29. The molecule has 1 aliphatic rings. The molecule has 0 saturated carbocycles. The van der Waals surface area contributed by atoms with Crippen molar-refractivity contribution in [2.45, 2.75) is 11.7 Å². The predicted molar refractivity (Wildman–Crippen MR) is 38.0 cm³/mol. The molecule has 1 N–H and O–H groups in total. The molecule has 0 aromatic carbocycles. The van der Waals surface area contributed by atoms with Gasteiger partial charge in [-0.3, -0.25) is 0 Å². The van der Waals surface area contributed by atoms with Gasteiger partial charge in [-0.15, -0.1) is 0 Å². The van der Waals surface area contributed by atoms with Crippen molar-refractivity contribution in [1.82, 2.24) is 5.32 Å². The van der Waals surface area contributed by atoms with Crippen LogP contribution in [0.2, 0.25) is 0 Å². The highest BCUT2D eigenvalue weighted by Gasteiger charge is 2.12. The van der Waals surface area contributed by atoms with Crippen LogP contribution < -0.4 is 5.32 Å². The number of hydrogen-bond acceptors (Lipinski definition) is 2. The molecule has 1 rings (SSSR count). The molecule has 0 aliphatic carbocycles. The van der Waals surface area contributed by atoms with Crippen LogP contribution in [0.4, 0.5) is 0 Å². The molecule has 1 aliphatic heterocycles. The maximum Gasteiger partial charge on any atom is 0.0765 e. The maximum atomic E-state index is 4.84. The molecule has 0 unspecified atom stereocenters. The van der Waals surface area contributed by atoms with Gasteiger partial charge in [0.2, 0.25) is 0 Å². The molecule has 7 heavy (non-hydrogen) atoms. The molecule has 0 aromatic heterocycles. The first-order valence-corrected chi connectivity index (χ1v) is 3.16. The summed E-state index contributed by atoms with van der Waals surface area (Å²) >= 11 is 9.04. The van der Waals surface area contributed by atoms with Gasteiger partial charge in [-0.2, -0.15) is 12.6 Å². The number of rotatable bonds is 0. The molecule has 1 nitrogen and oxygen atoms in total. The normalized spacial score (nSPS) is 30.4. The lowest BCUT2D eigenvalue weighted by Crippen LogP contribution is -2.12. The zero-order chi connectivity index (χ0) is 5.28. The van der Waals surface area contributed by atoms with E-state index in [1.807, 2.05) is 0 Å². The SMILES string of the molecule is S=C1C[C@H](S)CN1. The minimum absolute atomic E-state index is 0.465. The average molecular weight is 133 g/mol. The highest BCUT2D eigenvalue weighted by atomic mass is 32.1. The van der Waals surface area contributed by atoms with E-state index in [4.69, 9.17) is 12.2 Å². The van der Waals surface area contributed by atoms with Crippen LogP contribution in [-0.4, -0.2) is 16.8 Å². The molecule has 1 saturated heterocycles. The van der Waals surface area contributed by atoms with Gasteiger partial charge >= 0.3 is 0 Å². The minimum Gasteiger partial charge on any atom is -0.379 e. The Labute approximate surface area is 53.9 Å². The first-order valence-electron chi connectivity index (χ1n) is 2.24. The Balaban J connectivity index is 2.40. The Morgan fingerprint density at radius 1 is 1.86 bits per heavy atom. The fourth-order valence-electron chi connectivity index (χ4n) is 0.590. The second-order valence-electron chi connectivity index (χ2n) is 1.66. The molecule has 1 fully saturated rings. The van der Waals surface area contributed by atoms with Crippen molar-refractivity contribution in [2.24, 2.45) is 0 Å². The molecule has 0 aromatic rings. The fraction of sp³-hybridized carbons (Fsp3) is 0.750. The highest BCUT2D eigenvalue weighted by molar-refractivity contribution is 7.82. The van der Waals surface area contributed by atoms with Crippen LogP contribution in [0.5, 0.6) is 0 Å². The van der Waals surface area contributed by atoms with E-state index in [0.717, 1.165) is 18.0 Å². The largest absolute Gasteiger partial charge is 0.379 e. The summed E-state index contributed by atoms with van der Waals surface area (Å²) in [4.78, 5) is 0.958. The van der Waals surface area contributed by atoms with Gasteiger partial charge in [0.1, 0.15) is 0 Å². The summed E-state index contributed by atoms with van der Waals surface area (Å²) in [5.74, 6) is 0. The fourth-order valence-corrected chi connectivity index (χ4v) is 1.27. The molecular weight excluding hydrogens is 126 g/mol. The summed E-state index contributed by atoms with van der Waals surface area (Å²) in [6, 6.07) is 0. The zero-order valence-corrected chi connectivity index (χ0v) is 5.56. The Bertz CT molecular complexity index is 91.7. The van der Waals surface area contributed by atoms with E-state index in [1.165, 1.54) is 0 Å². The molecule has 0 amide bonds. The van der Waals surface area contributed by atoms with Crippen molar-refractivity contribution in [3.63, 3.8) is 0 Å². The molecule has 3 heteroatoms. The molecule has 0 spiro atoms.